The molecule has 7 heavy (non-hydrogen) atoms. The predicted octanol–water partition coefficient (Wildman–Crippen LogP) is 1.13. The summed E-state index contributed by atoms with van der Waals surface area (Å²) in [5.41, 5.74) is 0. The Hall–Kier alpha value is -0.630. The van der Waals surface area contributed by atoms with Gasteiger partial charge in [-0.15, -0.1) is 5.10 Å². The third-order valence-electron chi connectivity index (χ3n) is 0.409. The summed E-state index contributed by atoms with van der Waals surface area (Å²) in [5, 5.41) is 6.34. The van der Waals surface area contributed by atoms with Crippen molar-refractivity contribution in [3.63, 3.8) is 0 Å². The predicted molar refractivity (Wildman–Crippen MR) is 27.0 cm³/mol. The van der Waals surface area contributed by atoms with Crippen LogP contribution in [-0.2, 0) is 0 Å². The maximum Gasteiger partial charge on any atom is 0.151 e. The summed E-state index contributed by atoms with van der Waals surface area (Å²) < 4.78 is 21.0. The quantitative estimate of drug-likeness (QED) is 0.509. The Bertz CT molecular complexity index is 238. The maximum atomic E-state index is 7.04. The molecule has 1 rings (SSSR count). The van der Waals surface area contributed by atoms with Gasteiger partial charge in [0.1, 0.15) is 0 Å². The molecular weight excluding hydrogens is 112 g/mol. The molecule has 0 aromatic carbocycles. The van der Waals surface area contributed by atoms with E-state index in [1.165, 1.54) is 0 Å². The highest BCUT2D eigenvalue weighted by Crippen LogP contribution is 1.96. The van der Waals surface area contributed by atoms with Gasteiger partial charge >= 0.3 is 0 Å². The molecule has 0 radical (unpaired) electrons. The van der Waals surface area contributed by atoms with Crippen LogP contribution in [0.15, 0.2) is 18.3 Å². The molecular formula is C4H3ClN2. The molecule has 1 aromatic heterocycles. The third kappa shape index (κ3) is 1.12. The Balaban J connectivity index is 3.34. The van der Waals surface area contributed by atoms with Crippen LogP contribution in [0.25, 0.3) is 0 Å². The first-order valence-corrected chi connectivity index (χ1v) is 1.96. The van der Waals surface area contributed by atoms with E-state index in [1.807, 2.05) is 0 Å². The van der Waals surface area contributed by atoms with Crippen LogP contribution in [-0.4, -0.2) is 10.2 Å². The molecule has 0 unspecified atom stereocenters. The second-order valence-corrected chi connectivity index (χ2v) is 1.21. The van der Waals surface area contributed by atoms with E-state index in [0.717, 1.165) is 0 Å². The van der Waals surface area contributed by atoms with Crippen molar-refractivity contribution in [3.8, 4) is 0 Å². The lowest BCUT2D eigenvalue weighted by Gasteiger charge is -1.78. The van der Waals surface area contributed by atoms with Crippen LogP contribution in [0.2, 0.25) is 5.15 Å². The number of halogens is 1. The highest BCUT2D eigenvalue weighted by atomic mass is 35.5. The molecule has 3 heteroatoms. The average Bonchev–Trinajstić information content (AvgIpc) is 1.93. The van der Waals surface area contributed by atoms with E-state index in [-0.39, 0.29) is 23.4 Å². The second kappa shape index (κ2) is 1.89. The Morgan fingerprint density at radius 1 is 1.86 bits per heavy atom. The summed E-state index contributed by atoms with van der Waals surface area (Å²) in [7, 11) is 0. The van der Waals surface area contributed by atoms with Gasteiger partial charge in [0.05, 0.1) is 4.11 Å². The first-order chi connectivity index (χ1) is 4.63. The van der Waals surface area contributed by atoms with E-state index >= 15 is 0 Å². The molecule has 0 N–H and O–H groups in total. The normalized spacial score (nSPS) is 14.7. The van der Waals surface area contributed by atoms with Crippen LogP contribution in [0.5, 0.6) is 0 Å². The number of rotatable bonds is 0. The minimum atomic E-state index is -0.325. The average molecular weight is 118 g/mol. The number of aromatic nitrogens is 2. The summed E-state index contributed by atoms with van der Waals surface area (Å²) in [6, 6.07) is -0.540. The molecule has 36 valence electrons. The van der Waals surface area contributed by atoms with Crippen LogP contribution in [0.1, 0.15) is 4.11 Å². The molecule has 0 spiro atoms. The van der Waals surface area contributed by atoms with Gasteiger partial charge in [-0.25, -0.2) is 0 Å². The SMILES string of the molecule is [2H]c1nnc(Cl)c([2H])c1[2H]. The smallest absolute Gasteiger partial charge is 0.151 e. The van der Waals surface area contributed by atoms with E-state index in [4.69, 9.17) is 15.7 Å². The third-order valence-corrected chi connectivity index (χ3v) is 0.579. The molecule has 0 aliphatic carbocycles. The molecule has 2 nitrogen and oxygen atoms in total. The van der Waals surface area contributed by atoms with Crippen molar-refractivity contribution in [2.24, 2.45) is 0 Å². The summed E-state index contributed by atoms with van der Waals surface area (Å²) in [5.74, 6) is 0. The van der Waals surface area contributed by atoms with Crippen LogP contribution in [0.4, 0.5) is 0 Å². The molecule has 0 amide bonds. The van der Waals surface area contributed by atoms with Crippen LogP contribution < -0.4 is 0 Å². The van der Waals surface area contributed by atoms with E-state index in [2.05, 4.69) is 10.2 Å². The van der Waals surface area contributed by atoms with Gasteiger partial charge < -0.3 is 0 Å². The molecule has 0 fully saturated rings. The summed E-state index contributed by atoms with van der Waals surface area (Å²) in [6.45, 7) is 0. The van der Waals surface area contributed by atoms with Gasteiger partial charge in [0, 0.05) is 6.17 Å². The van der Waals surface area contributed by atoms with Gasteiger partial charge in [-0.05, 0) is 12.1 Å². The molecule has 1 aromatic rings. The molecule has 0 aliphatic heterocycles. The minimum Gasteiger partial charge on any atom is -0.158 e. The fourth-order valence-electron chi connectivity index (χ4n) is 0.198. The number of hydrogen-bond donors (Lipinski definition) is 0. The van der Waals surface area contributed by atoms with Gasteiger partial charge in [-0.2, -0.15) is 5.10 Å². The van der Waals surface area contributed by atoms with Crippen LogP contribution in [0, 0.1) is 0 Å². The second-order valence-electron chi connectivity index (χ2n) is 0.853. The van der Waals surface area contributed by atoms with Gasteiger partial charge in [-0.3, -0.25) is 0 Å². The monoisotopic (exact) mass is 117 g/mol. The van der Waals surface area contributed by atoms with Crippen molar-refractivity contribution < 1.29 is 4.11 Å². The zero-order valence-electron chi connectivity index (χ0n) is 6.27. The summed E-state index contributed by atoms with van der Waals surface area (Å²) in [6.07, 6.45) is -0.325. The van der Waals surface area contributed by atoms with Crippen molar-refractivity contribution in [1.29, 1.82) is 0 Å². The molecule has 0 saturated heterocycles. The molecule has 0 aliphatic rings. The lowest BCUT2D eigenvalue weighted by Crippen LogP contribution is -1.74. The van der Waals surface area contributed by atoms with Gasteiger partial charge in [-0.1, -0.05) is 11.6 Å². The zero-order chi connectivity index (χ0) is 7.72. The van der Waals surface area contributed by atoms with Crippen molar-refractivity contribution in [3.05, 3.63) is 23.4 Å². The Labute approximate surface area is 50.4 Å². The number of nitrogens with zero attached hydrogens (tertiary/aromatic N) is 2. The molecule has 0 saturated carbocycles. The largest absolute Gasteiger partial charge is 0.158 e. The first kappa shape index (κ1) is 2.09. The van der Waals surface area contributed by atoms with Gasteiger partial charge in [0.25, 0.3) is 0 Å². The summed E-state index contributed by atoms with van der Waals surface area (Å²) in [4.78, 5) is 0. The maximum absolute atomic E-state index is 7.04. The van der Waals surface area contributed by atoms with Gasteiger partial charge in [0.2, 0.25) is 0 Å². The fraction of sp³-hybridized carbons (Fsp3) is 0. The lowest BCUT2D eigenvalue weighted by atomic mass is 10.6. The highest BCUT2D eigenvalue weighted by molar-refractivity contribution is 6.29. The number of hydrogen-bond acceptors (Lipinski definition) is 2. The zero-order valence-corrected chi connectivity index (χ0v) is 4.03. The first-order valence-electron chi connectivity index (χ1n) is 3.09. The van der Waals surface area contributed by atoms with E-state index in [1.54, 1.807) is 0 Å². The standard InChI is InChI=1S/C4H3ClN2/c5-4-2-1-3-6-7-4/h1-3H/i1D,2D,3D. The Kier molecular flexibility index (Phi) is 0.564. The van der Waals surface area contributed by atoms with E-state index < -0.39 is 0 Å². The Morgan fingerprint density at radius 3 is 3.43 bits per heavy atom. The molecule has 1 heterocycles. The lowest BCUT2D eigenvalue weighted by molar-refractivity contribution is 1.03. The van der Waals surface area contributed by atoms with Crippen molar-refractivity contribution >= 4 is 11.6 Å². The molecule has 0 bridgehead atoms. The summed E-state index contributed by atoms with van der Waals surface area (Å²) >= 11 is 5.32. The van der Waals surface area contributed by atoms with Crippen molar-refractivity contribution in [1.82, 2.24) is 10.2 Å². The molecule has 0 atom stereocenters. The van der Waals surface area contributed by atoms with Gasteiger partial charge in [0.15, 0.2) is 5.15 Å². The van der Waals surface area contributed by atoms with E-state index in [9.17, 15) is 0 Å². The fourth-order valence-corrected chi connectivity index (χ4v) is 0.283. The van der Waals surface area contributed by atoms with Crippen molar-refractivity contribution in [2.75, 3.05) is 0 Å². The highest BCUT2D eigenvalue weighted by Gasteiger charge is 1.78. The van der Waals surface area contributed by atoms with E-state index in [0.29, 0.717) is 0 Å². The van der Waals surface area contributed by atoms with Crippen LogP contribution in [0.3, 0.4) is 0 Å². The van der Waals surface area contributed by atoms with Crippen LogP contribution >= 0.6 is 11.6 Å². The minimum absolute atomic E-state index is 0.138. The Morgan fingerprint density at radius 2 is 2.71 bits per heavy atom. The van der Waals surface area contributed by atoms with Crippen molar-refractivity contribution in [2.45, 2.75) is 0 Å². The topological polar surface area (TPSA) is 25.8 Å².